The number of halogens is 4. The van der Waals surface area contributed by atoms with E-state index in [-0.39, 0.29) is 44.3 Å². The first-order valence-electron chi connectivity index (χ1n) is 7.23. The molecular weight excluding hydrogens is 300 g/mol. The molecule has 2 rings (SSSR count). The van der Waals surface area contributed by atoms with Crippen molar-refractivity contribution >= 4 is 0 Å². The standard InChI is InChI=1S/C15H20F4N2O/c16-12-3-1-2-11(8-12)9-13(10-20)21-6-4-14(22,5-7-21)15(17,18)19/h1-3,8,13,22H,4-7,9-10,20H2/t13-/m0/s1. The second-order valence-corrected chi connectivity index (χ2v) is 5.79. The fourth-order valence-electron chi connectivity index (χ4n) is 2.84. The zero-order valence-electron chi connectivity index (χ0n) is 12.1. The van der Waals surface area contributed by atoms with Gasteiger partial charge in [-0.3, -0.25) is 4.90 Å². The largest absolute Gasteiger partial charge is 0.417 e. The first-order chi connectivity index (χ1) is 10.2. The minimum atomic E-state index is -4.61. The molecule has 3 nitrogen and oxygen atoms in total. The molecule has 22 heavy (non-hydrogen) atoms. The molecule has 1 aromatic rings. The van der Waals surface area contributed by atoms with Gasteiger partial charge in [0, 0.05) is 25.7 Å². The molecule has 1 atom stereocenters. The average Bonchev–Trinajstić information content (AvgIpc) is 2.45. The summed E-state index contributed by atoms with van der Waals surface area (Å²) in [5.74, 6) is -0.349. The highest BCUT2D eigenvalue weighted by Gasteiger charge is 2.54. The maximum absolute atomic E-state index is 13.2. The van der Waals surface area contributed by atoms with Gasteiger partial charge in [0.15, 0.2) is 5.60 Å². The minimum Gasteiger partial charge on any atom is -0.380 e. The molecule has 3 N–H and O–H groups in total. The highest BCUT2D eigenvalue weighted by molar-refractivity contribution is 5.17. The second-order valence-electron chi connectivity index (χ2n) is 5.79. The van der Waals surface area contributed by atoms with Crippen LogP contribution in [0.3, 0.4) is 0 Å². The molecule has 124 valence electrons. The van der Waals surface area contributed by atoms with Gasteiger partial charge in [-0.15, -0.1) is 0 Å². The van der Waals surface area contributed by atoms with E-state index in [4.69, 9.17) is 5.73 Å². The van der Waals surface area contributed by atoms with E-state index in [9.17, 15) is 22.7 Å². The number of hydrogen-bond acceptors (Lipinski definition) is 3. The van der Waals surface area contributed by atoms with Gasteiger partial charge >= 0.3 is 6.18 Å². The van der Waals surface area contributed by atoms with E-state index in [1.165, 1.54) is 12.1 Å². The van der Waals surface area contributed by atoms with E-state index in [0.29, 0.717) is 6.42 Å². The molecule has 0 saturated carbocycles. The molecular formula is C15H20F4N2O. The highest BCUT2D eigenvalue weighted by Crippen LogP contribution is 2.38. The molecule has 0 spiro atoms. The predicted octanol–water partition coefficient (Wildman–Crippen LogP) is 2.08. The van der Waals surface area contributed by atoms with Gasteiger partial charge in [-0.25, -0.2) is 4.39 Å². The van der Waals surface area contributed by atoms with Crippen molar-refractivity contribution in [1.29, 1.82) is 0 Å². The van der Waals surface area contributed by atoms with Crippen LogP contribution in [-0.4, -0.2) is 47.5 Å². The fraction of sp³-hybridized carbons (Fsp3) is 0.600. The van der Waals surface area contributed by atoms with Gasteiger partial charge in [-0.1, -0.05) is 12.1 Å². The summed E-state index contributed by atoms with van der Waals surface area (Å²) in [4.78, 5) is 1.84. The van der Waals surface area contributed by atoms with E-state index < -0.39 is 11.8 Å². The van der Waals surface area contributed by atoms with Gasteiger partial charge in [-0.05, 0) is 37.0 Å². The Kier molecular flexibility index (Phi) is 5.09. The SMILES string of the molecule is NC[C@H](Cc1cccc(F)c1)N1CCC(O)(C(F)(F)F)CC1. The molecule has 1 aliphatic rings. The zero-order valence-corrected chi connectivity index (χ0v) is 12.1. The van der Waals surface area contributed by atoms with Crippen LogP contribution in [0.5, 0.6) is 0 Å². The number of nitrogens with two attached hydrogens (primary N) is 1. The molecule has 0 bridgehead atoms. The number of piperidine rings is 1. The summed E-state index contributed by atoms with van der Waals surface area (Å²) in [5.41, 5.74) is 3.87. The van der Waals surface area contributed by atoms with Crippen LogP contribution in [-0.2, 0) is 6.42 Å². The summed E-state index contributed by atoms with van der Waals surface area (Å²) in [6, 6.07) is 5.93. The van der Waals surface area contributed by atoms with Gasteiger partial charge in [0.05, 0.1) is 0 Å². The Labute approximate surface area is 126 Å². The Morgan fingerprint density at radius 3 is 2.41 bits per heavy atom. The number of benzene rings is 1. The van der Waals surface area contributed by atoms with Gasteiger partial charge in [-0.2, -0.15) is 13.2 Å². The second kappa shape index (κ2) is 6.52. The molecule has 1 aliphatic heterocycles. The molecule has 1 fully saturated rings. The lowest BCUT2D eigenvalue weighted by molar-refractivity contribution is -0.273. The molecule has 1 heterocycles. The summed E-state index contributed by atoms with van der Waals surface area (Å²) in [7, 11) is 0. The Balaban J connectivity index is 1.99. The van der Waals surface area contributed by atoms with Crippen LogP contribution in [0.1, 0.15) is 18.4 Å². The first kappa shape index (κ1) is 17.2. The molecule has 7 heteroatoms. The fourth-order valence-corrected chi connectivity index (χ4v) is 2.84. The van der Waals surface area contributed by atoms with Gasteiger partial charge < -0.3 is 10.8 Å². The third kappa shape index (κ3) is 3.77. The summed E-state index contributed by atoms with van der Waals surface area (Å²) < 4.78 is 51.6. The van der Waals surface area contributed by atoms with Crippen molar-refractivity contribution in [3.63, 3.8) is 0 Å². The van der Waals surface area contributed by atoms with Crippen LogP contribution >= 0.6 is 0 Å². The summed E-state index contributed by atoms with van der Waals surface area (Å²) in [6.45, 7) is 0.501. The summed E-state index contributed by atoms with van der Waals surface area (Å²) >= 11 is 0. The lowest BCUT2D eigenvalue weighted by Crippen LogP contribution is -2.56. The third-order valence-electron chi connectivity index (χ3n) is 4.30. The van der Waals surface area contributed by atoms with Crippen molar-refractivity contribution in [2.75, 3.05) is 19.6 Å². The maximum Gasteiger partial charge on any atom is 0.417 e. The Bertz CT molecular complexity index is 499. The van der Waals surface area contributed by atoms with Crippen molar-refractivity contribution < 1.29 is 22.7 Å². The predicted molar refractivity (Wildman–Crippen MR) is 74.8 cm³/mol. The number of aliphatic hydroxyl groups is 1. The number of rotatable bonds is 4. The van der Waals surface area contributed by atoms with Crippen molar-refractivity contribution in [3.8, 4) is 0 Å². The van der Waals surface area contributed by atoms with E-state index in [2.05, 4.69) is 0 Å². The molecule has 0 radical (unpaired) electrons. The third-order valence-corrected chi connectivity index (χ3v) is 4.30. The molecule has 1 saturated heterocycles. The van der Waals surface area contributed by atoms with Crippen LogP contribution in [0.2, 0.25) is 0 Å². The van der Waals surface area contributed by atoms with Crippen LogP contribution in [0, 0.1) is 5.82 Å². The summed E-state index contributed by atoms with van der Waals surface area (Å²) in [6.07, 6.45) is -4.87. The number of nitrogens with zero attached hydrogens (tertiary/aromatic N) is 1. The average molecular weight is 320 g/mol. The Hall–Kier alpha value is -1.18. The van der Waals surface area contributed by atoms with E-state index in [0.717, 1.165) is 5.56 Å². The van der Waals surface area contributed by atoms with E-state index in [1.54, 1.807) is 12.1 Å². The maximum atomic E-state index is 13.2. The number of hydrogen-bond donors (Lipinski definition) is 2. The van der Waals surface area contributed by atoms with Crippen molar-refractivity contribution in [1.82, 2.24) is 4.90 Å². The molecule has 0 amide bonds. The van der Waals surface area contributed by atoms with Crippen LogP contribution in [0.4, 0.5) is 17.6 Å². The number of alkyl halides is 3. The van der Waals surface area contributed by atoms with Crippen LogP contribution in [0.25, 0.3) is 0 Å². The van der Waals surface area contributed by atoms with Crippen molar-refractivity contribution in [3.05, 3.63) is 35.6 Å². The van der Waals surface area contributed by atoms with Gasteiger partial charge in [0.2, 0.25) is 0 Å². The van der Waals surface area contributed by atoms with Gasteiger partial charge in [0.1, 0.15) is 5.82 Å². The number of likely N-dealkylation sites (tertiary alicyclic amines) is 1. The van der Waals surface area contributed by atoms with Gasteiger partial charge in [0.25, 0.3) is 0 Å². The Morgan fingerprint density at radius 1 is 1.27 bits per heavy atom. The van der Waals surface area contributed by atoms with Crippen LogP contribution in [0.15, 0.2) is 24.3 Å². The van der Waals surface area contributed by atoms with E-state index in [1.807, 2.05) is 4.90 Å². The van der Waals surface area contributed by atoms with Crippen LogP contribution < -0.4 is 5.73 Å². The normalized spacial score (nSPS) is 20.8. The smallest absolute Gasteiger partial charge is 0.380 e. The monoisotopic (exact) mass is 320 g/mol. The quantitative estimate of drug-likeness (QED) is 0.835. The molecule has 0 aromatic heterocycles. The Morgan fingerprint density at radius 2 is 1.91 bits per heavy atom. The lowest BCUT2D eigenvalue weighted by Gasteiger charge is -2.42. The topological polar surface area (TPSA) is 49.5 Å². The highest BCUT2D eigenvalue weighted by atomic mass is 19.4. The summed E-state index contributed by atoms with van der Waals surface area (Å²) in [5, 5.41) is 9.67. The molecule has 0 unspecified atom stereocenters. The van der Waals surface area contributed by atoms with Crippen molar-refractivity contribution in [2.45, 2.75) is 37.1 Å². The van der Waals surface area contributed by atoms with Crippen molar-refractivity contribution in [2.24, 2.45) is 5.73 Å². The first-order valence-corrected chi connectivity index (χ1v) is 7.23. The van der Waals surface area contributed by atoms with E-state index >= 15 is 0 Å². The zero-order chi connectivity index (χ0) is 16.4. The molecule has 0 aliphatic carbocycles. The lowest BCUT2D eigenvalue weighted by atomic mass is 9.89. The minimum absolute atomic E-state index is 0.118. The molecule has 1 aromatic carbocycles.